The van der Waals surface area contributed by atoms with Crippen LogP contribution >= 0.6 is 0 Å². The van der Waals surface area contributed by atoms with Crippen molar-refractivity contribution in [3.8, 4) is 0 Å². The Balaban J connectivity index is 2.39. The van der Waals surface area contributed by atoms with Gasteiger partial charge in [-0.15, -0.1) is 0 Å². The van der Waals surface area contributed by atoms with Gasteiger partial charge in [0.25, 0.3) is 0 Å². The van der Waals surface area contributed by atoms with Crippen molar-refractivity contribution < 1.29 is 9.18 Å². The number of hydrogen-bond acceptors (Lipinski definition) is 1. The molecule has 1 fully saturated rings. The van der Waals surface area contributed by atoms with Gasteiger partial charge in [-0.05, 0) is 11.8 Å². The second-order valence-electron chi connectivity index (χ2n) is 4.07. The van der Waals surface area contributed by atoms with Crippen LogP contribution in [0, 0.1) is 11.8 Å². The van der Waals surface area contributed by atoms with Gasteiger partial charge in [-0.25, -0.2) is 0 Å². The summed E-state index contributed by atoms with van der Waals surface area (Å²) in [6.45, 7) is -0.316. The molecule has 0 spiro atoms. The number of alkyl halides is 1. The molecule has 0 bridgehead atoms. The highest BCUT2D eigenvalue weighted by Gasteiger charge is 2.21. The van der Waals surface area contributed by atoms with Crippen molar-refractivity contribution in [3.63, 3.8) is 0 Å². The topological polar surface area (TPSA) is 17.1 Å². The van der Waals surface area contributed by atoms with Crippen LogP contribution in [0.3, 0.4) is 0 Å². The third-order valence-electron chi connectivity index (χ3n) is 3.16. The second kappa shape index (κ2) is 6.11. The van der Waals surface area contributed by atoms with Gasteiger partial charge >= 0.3 is 0 Å². The van der Waals surface area contributed by atoms with E-state index in [9.17, 15) is 9.18 Å². The van der Waals surface area contributed by atoms with Crippen molar-refractivity contribution in [2.75, 3.05) is 6.67 Å². The maximum absolute atomic E-state index is 12.6. The Morgan fingerprint density at radius 2 is 1.85 bits per heavy atom. The molecule has 1 saturated carbocycles. The Labute approximate surface area is 79.7 Å². The Kier molecular flexibility index (Phi) is 5.02. The van der Waals surface area contributed by atoms with Gasteiger partial charge in [0.1, 0.15) is 6.29 Å². The molecule has 0 N–H and O–H groups in total. The summed E-state index contributed by atoms with van der Waals surface area (Å²) in [6, 6.07) is 0. The van der Waals surface area contributed by atoms with E-state index in [0.717, 1.165) is 19.1 Å². The quantitative estimate of drug-likeness (QED) is 0.487. The molecule has 1 aliphatic rings. The van der Waals surface area contributed by atoms with Crippen LogP contribution in [-0.2, 0) is 4.79 Å². The Morgan fingerprint density at radius 1 is 1.23 bits per heavy atom. The first-order valence-corrected chi connectivity index (χ1v) is 5.38. The van der Waals surface area contributed by atoms with Crippen LogP contribution in [0.15, 0.2) is 0 Å². The van der Waals surface area contributed by atoms with Gasteiger partial charge in [0, 0.05) is 6.42 Å². The lowest BCUT2D eigenvalue weighted by atomic mass is 9.85. The maximum Gasteiger partial charge on any atom is 0.120 e. The van der Waals surface area contributed by atoms with Gasteiger partial charge in [0.05, 0.1) is 6.67 Å². The van der Waals surface area contributed by atoms with Gasteiger partial charge in [0.2, 0.25) is 0 Å². The van der Waals surface area contributed by atoms with E-state index in [0.29, 0.717) is 12.3 Å². The second-order valence-corrected chi connectivity index (χ2v) is 4.07. The Hall–Kier alpha value is -0.400. The van der Waals surface area contributed by atoms with Crippen LogP contribution < -0.4 is 0 Å². The summed E-state index contributed by atoms with van der Waals surface area (Å²) in [5.41, 5.74) is 0. The third kappa shape index (κ3) is 3.45. The SMILES string of the molecule is O=CCC(CF)C1CCCCCC1. The van der Waals surface area contributed by atoms with Gasteiger partial charge in [-0.2, -0.15) is 0 Å². The lowest BCUT2D eigenvalue weighted by Gasteiger charge is -2.21. The summed E-state index contributed by atoms with van der Waals surface area (Å²) >= 11 is 0. The fourth-order valence-electron chi connectivity index (χ4n) is 2.29. The van der Waals surface area contributed by atoms with Crippen LogP contribution in [-0.4, -0.2) is 13.0 Å². The first-order valence-electron chi connectivity index (χ1n) is 5.38. The van der Waals surface area contributed by atoms with E-state index in [1.165, 1.54) is 25.7 Å². The molecule has 76 valence electrons. The van der Waals surface area contributed by atoms with Gasteiger partial charge in [0.15, 0.2) is 0 Å². The van der Waals surface area contributed by atoms with E-state index in [-0.39, 0.29) is 12.6 Å². The molecular formula is C11H19FO. The molecule has 0 aliphatic heterocycles. The predicted molar refractivity (Wildman–Crippen MR) is 51.3 cm³/mol. The predicted octanol–water partition coefficient (Wildman–Crippen LogP) is 3.13. The molecule has 1 aliphatic carbocycles. The number of hydrogen-bond donors (Lipinski definition) is 0. The highest BCUT2D eigenvalue weighted by atomic mass is 19.1. The van der Waals surface area contributed by atoms with E-state index in [1.54, 1.807) is 0 Å². The molecule has 0 radical (unpaired) electrons. The summed E-state index contributed by atoms with van der Waals surface area (Å²) in [5, 5.41) is 0. The van der Waals surface area contributed by atoms with Gasteiger partial charge in [-0.3, -0.25) is 4.39 Å². The van der Waals surface area contributed by atoms with E-state index in [4.69, 9.17) is 0 Å². The minimum absolute atomic E-state index is 0.00981. The van der Waals surface area contributed by atoms with Crippen LogP contribution in [0.25, 0.3) is 0 Å². The molecule has 0 aromatic heterocycles. The number of carbonyl (C=O) groups is 1. The molecule has 13 heavy (non-hydrogen) atoms. The zero-order chi connectivity index (χ0) is 9.52. The highest BCUT2D eigenvalue weighted by Crippen LogP contribution is 2.30. The van der Waals surface area contributed by atoms with Gasteiger partial charge in [-0.1, -0.05) is 38.5 Å². The van der Waals surface area contributed by atoms with Gasteiger partial charge < -0.3 is 4.79 Å². The molecule has 0 heterocycles. The normalized spacial score (nSPS) is 22.2. The molecule has 1 rings (SSSR count). The molecule has 0 saturated heterocycles. The largest absolute Gasteiger partial charge is 0.303 e. The fraction of sp³-hybridized carbons (Fsp3) is 0.909. The van der Waals surface area contributed by atoms with Crippen LogP contribution in [0.5, 0.6) is 0 Å². The molecule has 1 atom stereocenters. The minimum atomic E-state index is -0.316. The first-order chi connectivity index (χ1) is 6.38. The molecule has 1 unspecified atom stereocenters. The lowest BCUT2D eigenvalue weighted by molar-refractivity contribution is -0.109. The maximum atomic E-state index is 12.6. The number of halogens is 1. The molecule has 0 aromatic rings. The van der Waals surface area contributed by atoms with Crippen molar-refractivity contribution in [1.29, 1.82) is 0 Å². The third-order valence-corrected chi connectivity index (χ3v) is 3.16. The van der Waals surface area contributed by atoms with E-state index in [2.05, 4.69) is 0 Å². The molecule has 0 amide bonds. The van der Waals surface area contributed by atoms with E-state index < -0.39 is 0 Å². The Morgan fingerprint density at radius 3 is 2.31 bits per heavy atom. The van der Waals surface area contributed by atoms with Crippen molar-refractivity contribution in [1.82, 2.24) is 0 Å². The standard InChI is InChI=1S/C11H19FO/c12-9-11(7-8-13)10-5-3-1-2-4-6-10/h8,10-11H,1-7,9H2. The van der Waals surface area contributed by atoms with Crippen molar-refractivity contribution in [2.24, 2.45) is 11.8 Å². The number of aldehydes is 1. The zero-order valence-corrected chi connectivity index (χ0v) is 8.18. The van der Waals surface area contributed by atoms with E-state index in [1.807, 2.05) is 0 Å². The van der Waals surface area contributed by atoms with Crippen LogP contribution in [0.2, 0.25) is 0 Å². The summed E-state index contributed by atoms with van der Waals surface area (Å²) in [5.74, 6) is 0.480. The van der Waals surface area contributed by atoms with Crippen molar-refractivity contribution in [2.45, 2.75) is 44.9 Å². The first kappa shape index (κ1) is 10.7. The smallest absolute Gasteiger partial charge is 0.120 e. The zero-order valence-electron chi connectivity index (χ0n) is 8.18. The van der Waals surface area contributed by atoms with E-state index >= 15 is 0 Å². The van der Waals surface area contributed by atoms with Crippen LogP contribution in [0.4, 0.5) is 4.39 Å². The molecule has 0 aromatic carbocycles. The average molecular weight is 186 g/mol. The lowest BCUT2D eigenvalue weighted by Crippen LogP contribution is -2.16. The molecule has 1 nitrogen and oxygen atoms in total. The number of rotatable bonds is 4. The Bertz CT molecular complexity index is 139. The molecule has 2 heteroatoms. The molecular weight excluding hydrogens is 167 g/mol. The van der Waals surface area contributed by atoms with Crippen LogP contribution in [0.1, 0.15) is 44.9 Å². The number of carbonyl (C=O) groups excluding carboxylic acids is 1. The minimum Gasteiger partial charge on any atom is -0.303 e. The summed E-state index contributed by atoms with van der Waals surface area (Å²) < 4.78 is 12.6. The summed E-state index contributed by atoms with van der Waals surface area (Å²) in [4.78, 5) is 10.3. The monoisotopic (exact) mass is 186 g/mol. The average Bonchev–Trinajstić information content (AvgIpc) is 2.42. The summed E-state index contributed by atoms with van der Waals surface area (Å²) in [7, 11) is 0. The fourth-order valence-corrected chi connectivity index (χ4v) is 2.29. The van der Waals surface area contributed by atoms with Crippen molar-refractivity contribution in [3.05, 3.63) is 0 Å². The van der Waals surface area contributed by atoms with Crippen molar-refractivity contribution >= 4 is 6.29 Å². The highest BCUT2D eigenvalue weighted by molar-refractivity contribution is 5.49. The summed E-state index contributed by atoms with van der Waals surface area (Å²) in [6.07, 6.45) is 8.56.